The van der Waals surface area contributed by atoms with Crippen LogP contribution >= 0.6 is 0 Å². The molecule has 0 radical (unpaired) electrons. The summed E-state index contributed by atoms with van der Waals surface area (Å²) in [7, 11) is -5.20. The van der Waals surface area contributed by atoms with E-state index in [1.54, 1.807) is 83.1 Å². The minimum absolute atomic E-state index is 0. The second-order valence-electron chi connectivity index (χ2n) is 33.5. The van der Waals surface area contributed by atoms with Crippen LogP contribution < -0.4 is 24.5 Å². The molecule has 0 unspecified atom stereocenters. The Kier molecular flexibility index (Phi) is 67.3. The monoisotopic (exact) mass is 1720 g/mol. The molecule has 0 spiro atoms. The van der Waals surface area contributed by atoms with E-state index in [1.165, 1.54) is 95.9 Å². The zero-order chi connectivity index (χ0) is 80.8. The molecule has 608 valence electrons. The van der Waals surface area contributed by atoms with Crippen molar-refractivity contribution in [1.82, 2.24) is 5.32 Å². The van der Waals surface area contributed by atoms with Crippen LogP contribution in [0.2, 0.25) is 0 Å². The number of hydrogen-bond acceptors (Lipinski definition) is 11. The van der Waals surface area contributed by atoms with Gasteiger partial charge in [-0.15, -0.1) is 11.4 Å². The molecule has 0 aliphatic heterocycles. The molecular weight excluding hydrogens is 1570 g/mol. The van der Waals surface area contributed by atoms with Crippen LogP contribution in [-0.4, -0.2) is 106 Å². The van der Waals surface area contributed by atoms with Crippen LogP contribution in [0.1, 0.15) is 392 Å². The van der Waals surface area contributed by atoms with E-state index in [4.69, 9.17) is 38.3 Å². The van der Waals surface area contributed by atoms with Gasteiger partial charge < -0.3 is 63.8 Å². The van der Waals surface area contributed by atoms with Crippen LogP contribution in [0.5, 0.6) is 0 Å². The number of rotatable bonds is 26. The van der Waals surface area contributed by atoms with Gasteiger partial charge in [0.15, 0.2) is 18.1 Å². The maximum atomic E-state index is 11.3. The molecule has 4 rings (SSSR count). The second kappa shape index (κ2) is 60.0. The van der Waals surface area contributed by atoms with E-state index in [1.807, 2.05) is 14.1 Å². The first-order valence-electron chi connectivity index (χ1n) is 38.7. The summed E-state index contributed by atoms with van der Waals surface area (Å²) in [6.07, 6.45) is 15.3. The number of aliphatic imine (C=N–C) groups is 2. The first-order valence-corrected chi connectivity index (χ1v) is 42.0. The molecule has 4 aromatic rings. The summed E-state index contributed by atoms with van der Waals surface area (Å²) in [5.41, 5.74) is 16.0. The van der Waals surface area contributed by atoms with Gasteiger partial charge in [0.2, 0.25) is 0 Å². The largest absolute Gasteiger partial charge is 4.00 e. The van der Waals surface area contributed by atoms with Crippen molar-refractivity contribution >= 4 is 91.8 Å². The van der Waals surface area contributed by atoms with Crippen molar-refractivity contribution in [2.75, 3.05) is 14.1 Å². The number of para-hydroxylation sites is 4. The zero-order valence-corrected chi connectivity index (χ0v) is 84.7. The van der Waals surface area contributed by atoms with Crippen molar-refractivity contribution < 1.29 is 74.0 Å². The Balaban J connectivity index is -0.000000200. The Hall–Kier alpha value is -2.55. The predicted molar refractivity (Wildman–Crippen MR) is 460 cm³/mol. The van der Waals surface area contributed by atoms with E-state index in [0.29, 0.717) is 47.3 Å². The van der Waals surface area contributed by atoms with Crippen molar-refractivity contribution in [2.24, 2.45) is 9.98 Å². The maximum Gasteiger partial charge on any atom is 4.00 e. The van der Waals surface area contributed by atoms with Gasteiger partial charge >= 0.3 is 65.8 Å². The van der Waals surface area contributed by atoms with E-state index in [9.17, 15) is 19.2 Å². The van der Waals surface area contributed by atoms with Crippen LogP contribution in [0, 0.1) is 0 Å². The first kappa shape index (κ1) is 121. The van der Waals surface area contributed by atoms with Gasteiger partial charge in [-0.25, -0.2) is 0 Å². The van der Waals surface area contributed by atoms with Crippen LogP contribution in [-0.2, 0) is 54.9 Å². The number of nitrogens with zero attached hydrogens (tertiary/aromatic N) is 4. The Morgan fingerprint density at radius 1 is 0.370 bits per heavy atom. The molecule has 0 fully saturated rings. The van der Waals surface area contributed by atoms with Gasteiger partial charge in [-0.05, 0) is 181 Å². The molecule has 15 nitrogen and oxygen atoms in total. The Bertz CT molecular complexity index is 2770. The molecule has 1 N–H and O–H groups in total. The summed E-state index contributed by atoms with van der Waals surface area (Å²) in [6, 6.07) is 26.3. The van der Waals surface area contributed by atoms with E-state index >= 15 is 0 Å². The third kappa shape index (κ3) is 55.8. The number of unbranched alkanes of at least 4 members (excludes halogenated alkanes) is 6. The van der Waals surface area contributed by atoms with Gasteiger partial charge in [0.05, 0.1) is 11.4 Å². The summed E-state index contributed by atoms with van der Waals surface area (Å²) in [5, 5.41) is 12.9. The summed E-state index contributed by atoms with van der Waals surface area (Å²) < 4.78 is 19.2. The number of benzene rings is 4. The fourth-order valence-corrected chi connectivity index (χ4v) is 13.6. The minimum atomic E-state index is -4.47. The van der Waals surface area contributed by atoms with E-state index in [-0.39, 0.29) is 76.7 Å². The summed E-state index contributed by atoms with van der Waals surface area (Å²) in [6.45, 7) is 73.0. The van der Waals surface area contributed by atoms with Crippen molar-refractivity contribution in [3.8, 4) is 0 Å². The van der Waals surface area contributed by atoms with Gasteiger partial charge in [-0.2, -0.15) is 11.4 Å². The molecule has 0 aliphatic carbocycles. The first-order chi connectivity index (χ1) is 47.1. The van der Waals surface area contributed by atoms with Crippen LogP contribution in [0.3, 0.4) is 0 Å². The fraction of sp³-hybridized carbons (Fsp3) is 0.659. The molecule has 20 heteroatoms. The molecule has 0 aliphatic rings. The molecule has 4 aromatic carbocycles. The Morgan fingerprint density at radius 3 is 0.667 bits per heavy atom. The second-order valence-corrected chi connectivity index (χ2v) is 36.3. The topological polar surface area (TPSA) is 251 Å². The predicted octanol–water partition coefficient (Wildman–Crippen LogP) is 23.3. The van der Waals surface area contributed by atoms with Crippen LogP contribution in [0.15, 0.2) is 106 Å². The summed E-state index contributed by atoms with van der Waals surface area (Å²) in [5.74, 6) is 3.49. The van der Waals surface area contributed by atoms with E-state index in [2.05, 4.69) is 256 Å². The smallest absolute Gasteiger partial charge is 2.00 e. The van der Waals surface area contributed by atoms with Gasteiger partial charge in [0.1, 0.15) is 0 Å². The number of nitrogens with one attached hydrogen (secondary N) is 1. The Morgan fingerprint density at radius 2 is 0.528 bits per heavy atom. The average molecular weight is 1730 g/mol. The van der Waals surface area contributed by atoms with Gasteiger partial charge in [0, 0.05) is 33.8 Å². The van der Waals surface area contributed by atoms with Crippen LogP contribution in [0.25, 0.3) is 10.6 Å². The molecule has 0 bridgehead atoms. The summed E-state index contributed by atoms with van der Waals surface area (Å²) >= 11 is 0. The Labute approximate surface area is 711 Å². The molecule has 0 heterocycles. The molecule has 0 amide bonds. The molecule has 0 saturated carbocycles. The van der Waals surface area contributed by atoms with E-state index in [0.717, 1.165) is 45.6 Å². The standard InChI is InChI=1S/2C29H41N2.2C8H18O4Si.2C6H14.C2H7N.2Ga.2O.Zr/c2*1-18(2)24-13-11-14-25(19(3)4)28(24)30-22(9)17-23(10)31-29-26(20(5)6)15-12-16-27(29)21(7)8;2*1-7(2,3)11-13(9,10)12-8(4,5)6;2*1-3-5-6-4-2;1-3-2;;;;;/h2*11-21H,1-10H3;2*1-6H3;2*3-6H2,1-2H3;3H,1-2H3;;;;;/q2*-1;2*-2;;;;2*+3;2*-2;+4/b2*22-17-,31-23?;;;;;;;;;;. The molecule has 0 atom stereocenters. The zero-order valence-electron chi connectivity index (χ0n) is 75.4. The number of hydrogen-bond donors (Lipinski definition) is 1. The van der Waals surface area contributed by atoms with Crippen molar-refractivity contribution in [2.45, 2.75) is 370 Å². The quantitative estimate of drug-likeness (QED) is 0.0356. The third-order valence-corrected chi connectivity index (χ3v) is 18.4. The normalized spacial score (nSPS) is 12.2. The average Bonchev–Trinajstić information content (AvgIpc) is 0.845. The van der Waals surface area contributed by atoms with Crippen molar-refractivity contribution in [3.05, 3.63) is 151 Å². The molecule has 0 saturated heterocycles. The third-order valence-electron chi connectivity index (χ3n) is 15.0. The van der Waals surface area contributed by atoms with Gasteiger partial charge in [0.25, 0.3) is 0 Å². The van der Waals surface area contributed by atoms with E-state index < -0.39 is 40.5 Å². The molecular formula is C88H153Ga2N5O10Si2Zr. The summed E-state index contributed by atoms with van der Waals surface area (Å²) in [4.78, 5) is 55.2. The van der Waals surface area contributed by atoms with Gasteiger partial charge in [-0.3, -0.25) is 9.98 Å². The minimum Gasteiger partial charge on any atom is -2.00 e. The molecule has 0 aromatic heterocycles. The number of allylic oxidation sites excluding steroid dienone is 4. The fourth-order valence-electron chi connectivity index (χ4n) is 10.5. The maximum absolute atomic E-state index is 11.3. The SMILES string of the molecule is CC(/C=C(/C)[N-]c1c(C(C)C)cccc1C(C)C)=Nc1c(C(C)C)cccc1C(C)C.CC(/C=C(/C)[N-]c1c(C(C)C)cccc1C(C)C)=Nc1c(C(C)C)cccc1C(C)C.CC(C)(C)O[Si]([O-])([O-])OC(C)(C)C.CC(C)(C)O[Si]([O-])([O-])OC(C)(C)C.CCCCCC.CCCCCC.CNC.[Ga+3].[Ga+3].[O-2].[O-2].[Zr+4]. The molecule has 108 heavy (non-hydrogen) atoms. The van der Waals surface area contributed by atoms with Crippen molar-refractivity contribution in [3.63, 3.8) is 0 Å². The van der Waals surface area contributed by atoms with Crippen molar-refractivity contribution in [1.29, 1.82) is 0 Å². The van der Waals surface area contributed by atoms with Crippen LogP contribution in [0.4, 0.5) is 22.7 Å². The van der Waals surface area contributed by atoms with Gasteiger partial charge in [-0.1, -0.05) is 311 Å².